The van der Waals surface area contributed by atoms with Gasteiger partial charge in [-0.3, -0.25) is 37.3 Å². The number of esters is 4. The van der Waals surface area contributed by atoms with Crippen molar-refractivity contribution >= 4 is 39.5 Å². The van der Waals surface area contributed by atoms with Gasteiger partial charge in [-0.1, -0.05) is 335 Å². The highest BCUT2D eigenvalue weighted by molar-refractivity contribution is 7.47. The van der Waals surface area contributed by atoms with Gasteiger partial charge in [-0.15, -0.1) is 0 Å². The molecule has 572 valence electrons. The zero-order valence-electron chi connectivity index (χ0n) is 62.7. The number of allylic oxidation sites excluding steroid dienone is 4. The number of aliphatic hydroxyl groups excluding tert-OH is 1. The zero-order chi connectivity index (χ0) is 71.2. The summed E-state index contributed by atoms with van der Waals surface area (Å²) in [5.74, 6) is -1.39. The number of hydrogen-bond acceptors (Lipinski definition) is 15. The Morgan fingerprint density at radius 2 is 0.557 bits per heavy atom. The van der Waals surface area contributed by atoms with E-state index in [1.54, 1.807) is 0 Å². The van der Waals surface area contributed by atoms with E-state index in [1.165, 1.54) is 193 Å². The Hall–Kier alpha value is -2.46. The third kappa shape index (κ3) is 71.7. The number of rotatable bonds is 76. The van der Waals surface area contributed by atoms with Gasteiger partial charge in [0.1, 0.15) is 19.3 Å². The molecule has 0 amide bonds. The van der Waals surface area contributed by atoms with Gasteiger partial charge in [0.15, 0.2) is 12.2 Å². The molecule has 0 saturated carbocycles. The second-order valence-electron chi connectivity index (χ2n) is 27.9. The van der Waals surface area contributed by atoms with Crippen molar-refractivity contribution in [2.24, 2.45) is 5.92 Å². The normalized spacial score (nSPS) is 14.1. The quantitative estimate of drug-likeness (QED) is 0.0169. The van der Waals surface area contributed by atoms with Crippen molar-refractivity contribution in [3.8, 4) is 0 Å². The summed E-state index contributed by atoms with van der Waals surface area (Å²) in [6.45, 7) is 7.23. The third-order valence-electron chi connectivity index (χ3n) is 17.7. The fraction of sp³-hybridized carbons (Fsp3) is 0.897. The summed E-state index contributed by atoms with van der Waals surface area (Å²) in [5.41, 5.74) is 0. The van der Waals surface area contributed by atoms with Crippen LogP contribution in [0.2, 0.25) is 0 Å². The Bertz CT molecular complexity index is 1950. The molecule has 0 aliphatic rings. The van der Waals surface area contributed by atoms with Crippen molar-refractivity contribution in [1.29, 1.82) is 0 Å². The van der Waals surface area contributed by atoms with E-state index in [9.17, 15) is 43.2 Å². The second kappa shape index (κ2) is 70.6. The van der Waals surface area contributed by atoms with E-state index < -0.39 is 97.5 Å². The summed E-state index contributed by atoms with van der Waals surface area (Å²) < 4.78 is 68.6. The van der Waals surface area contributed by atoms with Crippen LogP contribution < -0.4 is 0 Å². The molecule has 3 N–H and O–H groups in total. The molecule has 0 aromatic carbocycles. The maximum Gasteiger partial charge on any atom is 0.472 e. The minimum absolute atomic E-state index is 0.102. The molecule has 0 aromatic heterocycles. The molecule has 0 aliphatic heterocycles. The lowest BCUT2D eigenvalue weighted by Crippen LogP contribution is -2.30. The molecule has 0 aromatic rings. The predicted molar refractivity (Wildman–Crippen MR) is 395 cm³/mol. The van der Waals surface area contributed by atoms with Crippen molar-refractivity contribution < 1.29 is 80.2 Å². The van der Waals surface area contributed by atoms with Gasteiger partial charge in [-0.05, 0) is 57.3 Å². The summed E-state index contributed by atoms with van der Waals surface area (Å²) in [6.07, 6.45) is 63.1. The minimum Gasteiger partial charge on any atom is -0.462 e. The number of aliphatic hydroxyl groups is 1. The van der Waals surface area contributed by atoms with E-state index in [-0.39, 0.29) is 25.7 Å². The smallest absolute Gasteiger partial charge is 0.462 e. The summed E-state index contributed by atoms with van der Waals surface area (Å²) >= 11 is 0. The highest BCUT2D eigenvalue weighted by Gasteiger charge is 2.30. The molecular formula is C78H148O17P2. The van der Waals surface area contributed by atoms with Gasteiger partial charge in [-0.25, -0.2) is 9.13 Å². The highest BCUT2D eigenvalue weighted by Crippen LogP contribution is 2.45. The van der Waals surface area contributed by atoms with Crippen LogP contribution in [0.15, 0.2) is 24.3 Å². The number of unbranched alkanes of at least 4 members (excludes halogenated alkanes) is 45. The van der Waals surface area contributed by atoms with Crippen molar-refractivity contribution in [3.63, 3.8) is 0 Å². The van der Waals surface area contributed by atoms with Crippen LogP contribution in [-0.4, -0.2) is 96.7 Å². The van der Waals surface area contributed by atoms with Crippen LogP contribution in [-0.2, 0) is 65.4 Å². The Morgan fingerprint density at radius 3 is 0.845 bits per heavy atom. The number of ether oxygens (including phenoxy) is 4. The van der Waals surface area contributed by atoms with Crippen molar-refractivity contribution in [2.45, 2.75) is 406 Å². The van der Waals surface area contributed by atoms with E-state index in [2.05, 4.69) is 58.9 Å². The predicted octanol–water partition coefficient (Wildman–Crippen LogP) is 22.8. The molecule has 19 heteroatoms. The summed E-state index contributed by atoms with van der Waals surface area (Å²) in [7, 11) is -9.93. The molecule has 0 bridgehead atoms. The lowest BCUT2D eigenvalue weighted by Gasteiger charge is -2.21. The van der Waals surface area contributed by atoms with Crippen molar-refractivity contribution in [1.82, 2.24) is 0 Å². The molecule has 2 unspecified atom stereocenters. The fourth-order valence-electron chi connectivity index (χ4n) is 11.5. The topological polar surface area (TPSA) is 237 Å². The molecule has 0 fully saturated rings. The van der Waals surface area contributed by atoms with E-state index in [0.29, 0.717) is 25.7 Å². The number of phosphoric ester groups is 2. The third-order valence-corrected chi connectivity index (χ3v) is 19.6. The van der Waals surface area contributed by atoms with Crippen LogP contribution in [0.25, 0.3) is 0 Å². The van der Waals surface area contributed by atoms with E-state index in [1.807, 2.05) is 0 Å². The molecule has 0 rings (SSSR count). The van der Waals surface area contributed by atoms with Gasteiger partial charge in [-0.2, -0.15) is 0 Å². The first-order valence-electron chi connectivity index (χ1n) is 40.0. The van der Waals surface area contributed by atoms with Crippen LogP contribution in [0, 0.1) is 5.92 Å². The van der Waals surface area contributed by atoms with Gasteiger partial charge in [0, 0.05) is 25.7 Å². The Balaban J connectivity index is 5.29. The minimum atomic E-state index is -4.97. The van der Waals surface area contributed by atoms with E-state index in [0.717, 1.165) is 115 Å². The average molecular weight is 1420 g/mol. The standard InChI is InChI=1S/C78H148O17P2/c1-6-9-12-15-18-21-24-27-29-30-32-34-37-43-48-53-58-63-77(82)94-73(67-89-76(81)62-57-52-47-42-36-33-31-28-25-22-19-16-13-10-7-2)69-92-96(84,85)90-65-72(79)66-91-97(86,87)93-70-74(68-88-75(80)61-56-51-46-41-35-26-23-20-17-14-11-8-3)95-78(83)64-59-54-49-44-39-38-40-45-50-55-60-71(4)5/h22,25,28,31,71-74,79H,6-21,23-24,26-27,29-30,32-70H2,1-5H3,(H,84,85)(H,86,87)/b25-22-,31-28-/t72-,73-,74-/m1/s1. The van der Waals surface area contributed by atoms with E-state index in [4.69, 9.17) is 37.0 Å². The van der Waals surface area contributed by atoms with Crippen LogP contribution >= 0.6 is 15.6 Å². The first-order valence-corrected chi connectivity index (χ1v) is 42.9. The Labute approximate surface area is 592 Å². The molecule has 5 atom stereocenters. The van der Waals surface area contributed by atoms with Crippen LogP contribution in [0.1, 0.15) is 388 Å². The second-order valence-corrected chi connectivity index (χ2v) is 30.8. The summed E-state index contributed by atoms with van der Waals surface area (Å²) in [4.78, 5) is 72.9. The highest BCUT2D eigenvalue weighted by atomic mass is 31.2. The van der Waals surface area contributed by atoms with Gasteiger partial charge in [0.25, 0.3) is 0 Å². The summed E-state index contributed by atoms with van der Waals surface area (Å²) in [6, 6.07) is 0. The molecule has 0 radical (unpaired) electrons. The van der Waals surface area contributed by atoms with Gasteiger partial charge in [0.2, 0.25) is 0 Å². The van der Waals surface area contributed by atoms with E-state index >= 15 is 0 Å². The van der Waals surface area contributed by atoms with Crippen LogP contribution in [0.5, 0.6) is 0 Å². The van der Waals surface area contributed by atoms with Crippen molar-refractivity contribution in [2.75, 3.05) is 39.6 Å². The zero-order valence-corrected chi connectivity index (χ0v) is 64.5. The first-order chi connectivity index (χ1) is 47.0. The molecular weight excluding hydrogens is 1270 g/mol. The molecule has 0 aliphatic carbocycles. The number of hydrogen-bond donors (Lipinski definition) is 3. The molecule has 97 heavy (non-hydrogen) atoms. The maximum atomic E-state index is 13.1. The Kier molecular flexibility index (Phi) is 68.8. The van der Waals surface area contributed by atoms with Gasteiger partial charge >= 0.3 is 39.5 Å². The van der Waals surface area contributed by atoms with Crippen LogP contribution in [0.4, 0.5) is 0 Å². The average Bonchev–Trinajstić information content (AvgIpc) is 1.59. The summed E-state index contributed by atoms with van der Waals surface area (Å²) in [5, 5.41) is 10.6. The number of phosphoric acid groups is 2. The van der Waals surface area contributed by atoms with Crippen molar-refractivity contribution in [3.05, 3.63) is 24.3 Å². The van der Waals surface area contributed by atoms with Gasteiger partial charge in [0.05, 0.1) is 26.4 Å². The first kappa shape index (κ1) is 94.5. The molecule has 17 nitrogen and oxygen atoms in total. The monoisotopic (exact) mass is 1420 g/mol. The maximum absolute atomic E-state index is 13.1. The molecule has 0 spiro atoms. The Morgan fingerprint density at radius 1 is 0.320 bits per heavy atom. The number of carbonyl (C=O) groups is 4. The fourth-order valence-corrected chi connectivity index (χ4v) is 13.1. The molecule has 0 heterocycles. The van der Waals surface area contributed by atoms with Crippen LogP contribution in [0.3, 0.4) is 0 Å². The lowest BCUT2D eigenvalue weighted by molar-refractivity contribution is -0.161. The largest absolute Gasteiger partial charge is 0.472 e. The SMILES string of the molecule is CCCCCC/C=C\C=C/CCCCCCCC(=O)OC[C@H](COP(=O)(O)OC[C@@H](O)COP(=O)(O)OC[C@@H](COC(=O)CCCCCCCCCCCCCC)OC(=O)CCCCCCCCCCCCC(C)C)OC(=O)CCCCCCCCCCCCCCCCCCC. The van der Waals surface area contributed by atoms with Gasteiger partial charge < -0.3 is 33.8 Å². The molecule has 0 saturated heterocycles. The lowest BCUT2D eigenvalue weighted by atomic mass is 10.0. The number of carbonyl (C=O) groups excluding carboxylic acids is 4.